The summed E-state index contributed by atoms with van der Waals surface area (Å²) < 4.78 is 16.4. The van der Waals surface area contributed by atoms with E-state index in [-0.39, 0.29) is 30.5 Å². The maximum absolute atomic E-state index is 12.3. The predicted molar refractivity (Wildman–Crippen MR) is 88.2 cm³/mol. The third-order valence-corrected chi connectivity index (χ3v) is 3.54. The average molecular weight is 336 g/mol. The third-order valence-electron chi connectivity index (χ3n) is 3.54. The lowest BCUT2D eigenvalue weighted by atomic mass is 10.2. The highest BCUT2D eigenvalue weighted by molar-refractivity contribution is 5.78. The zero-order valence-electron chi connectivity index (χ0n) is 14.5. The second kappa shape index (κ2) is 8.01. The average Bonchev–Trinajstić information content (AvgIpc) is 2.52. The number of morpholine rings is 1. The molecule has 0 saturated carbocycles. The molecule has 132 valence electrons. The van der Waals surface area contributed by atoms with E-state index >= 15 is 0 Å². The number of nitrogens with zero attached hydrogens (tertiary/aromatic N) is 2. The van der Waals surface area contributed by atoms with Gasteiger partial charge in [0.25, 0.3) is 5.91 Å². The molecule has 1 saturated heterocycles. The van der Waals surface area contributed by atoms with Gasteiger partial charge in [-0.15, -0.1) is 0 Å². The Labute approximate surface area is 142 Å². The molecular formula is C17H24N2O5. The van der Waals surface area contributed by atoms with Gasteiger partial charge >= 0.3 is 6.09 Å². The van der Waals surface area contributed by atoms with Crippen LogP contribution in [0.1, 0.15) is 13.8 Å². The molecule has 24 heavy (non-hydrogen) atoms. The molecule has 0 spiro atoms. The van der Waals surface area contributed by atoms with Gasteiger partial charge in [-0.3, -0.25) is 4.79 Å². The number of benzene rings is 1. The van der Waals surface area contributed by atoms with Crippen molar-refractivity contribution in [3.63, 3.8) is 0 Å². The number of amides is 2. The molecule has 2 atom stereocenters. The lowest BCUT2D eigenvalue weighted by Crippen LogP contribution is -2.49. The molecule has 0 bridgehead atoms. The summed E-state index contributed by atoms with van der Waals surface area (Å²) in [5.41, 5.74) is 0. The van der Waals surface area contributed by atoms with Crippen molar-refractivity contribution >= 4 is 12.0 Å². The van der Waals surface area contributed by atoms with Crippen LogP contribution in [0.3, 0.4) is 0 Å². The molecule has 7 heteroatoms. The van der Waals surface area contributed by atoms with Gasteiger partial charge in [-0.05, 0) is 26.0 Å². The van der Waals surface area contributed by atoms with Crippen LogP contribution < -0.4 is 9.47 Å². The van der Waals surface area contributed by atoms with Crippen LogP contribution in [0.2, 0.25) is 0 Å². The normalized spacial score (nSPS) is 20.4. The Balaban J connectivity index is 1.96. The minimum atomic E-state index is -0.506. The third kappa shape index (κ3) is 4.86. The number of rotatable bonds is 4. The highest BCUT2D eigenvalue weighted by Crippen LogP contribution is 2.27. The van der Waals surface area contributed by atoms with Crippen LogP contribution in [0.15, 0.2) is 24.3 Å². The highest BCUT2D eigenvalue weighted by Gasteiger charge is 2.26. The van der Waals surface area contributed by atoms with Gasteiger partial charge in [-0.1, -0.05) is 12.1 Å². The van der Waals surface area contributed by atoms with Crippen LogP contribution in [0.25, 0.3) is 0 Å². The van der Waals surface area contributed by atoms with Gasteiger partial charge in [-0.25, -0.2) is 4.79 Å². The second-order valence-corrected chi connectivity index (χ2v) is 6.05. The molecule has 1 heterocycles. The van der Waals surface area contributed by atoms with Crippen LogP contribution in [-0.4, -0.2) is 67.8 Å². The molecule has 1 fully saturated rings. The molecule has 0 N–H and O–H groups in total. The largest absolute Gasteiger partial charge is 0.480 e. The maximum atomic E-state index is 12.3. The molecule has 1 aromatic rings. The molecule has 0 aromatic heterocycles. The Kier molecular flexibility index (Phi) is 6.03. The number of hydrogen-bond donors (Lipinski definition) is 0. The summed E-state index contributed by atoms with van der Waals surface area (Å²) >= 11 is 0. The van der Waals surface area contributed by atoms with Crippen molar-refractivity contribution in [1.29, 1.82) is 0 Å². The van der Waals surface area contributed by atoms with E-state index in [2.05, 4.69) is 0 Å². The van der Waals surface area contributed by atoms with Crippen molar-refractivity contribution in [2.24, 2.45) is 0 Å². The standard InChI is InChI=1S/C17H24N2O5/c1-12-9-19(10-13(2)23-12)16(20)11-22-14-7-5-6-8-15(14)24-17(21)18(3)4/h5-8,12-13H,9-11H2,1-4H3. The summed E-state index contributed by atoms with van der Waals surface area (Å²) in [4.78, 5) is 27.1. The summed E-state index contributed by atoms with van der Waals surface area (Å²) in [5.74, 6) is 0.522. The van der Waals surface area contributed by atoms with Crippen LogP contribution in [-0.2, 0) is 9.53 Å². The molecule has 7 nitrogen and oxygen atoms in total. The van der Waals surface area contributed by atoms with Crippen molar-refractivity contribution in [1.82, 2.24) is 9.80 Å². The molecule has 2 unspecified atom stereocenters. The Hall–Kier alpha value is -2.28. The van der Waals surface area contributed by atoms with E-state index in [1.165, 1.54) is 4.90 Å². The fourth-order valence-electron chi connectivity index (χ4n) is 2.45. The molecule has 0 aliphatic carbocycles. The number of para-hydroxylation sites is 2. The number of carbonyl (C=O) groups is 2. The summed E-state index contributed by atoms with van der Waals surface area (Å²) in [6.45, 7) is 4.85. The zero-order valence-corrected chi connectivity index (χ0v) is 14.5. The Bertz CT molecular complexity index is 580. The minimum absolute atomic E-state index is 0.00559. The molecule has 1 aromatic carbocycles. The van der Waals surface area contributed by atoms with Gasteiger partial charge < -0.3 is 24.0 Å². The van der Waals surface area contributed by atoms with Gasteiger partial charge in [0, 0.05) is 27.2 Å². The first-order valence-corrected chi connectivity index (χ1v) is 7.91. The van der Waals surface area contributed by atoms with E-state index in [9.17, 15) is 9.59 Å². The fraction of sp³-hybridized carbons (Fsp3) is 0.529. The quantitative estimate of drug-likeness (QED) is 0.838. The summed E-state index contributed by atoms with van der Waals surface area (Å²) in [5, 5.41) is 0. The highest BCUT2D eigenvalue weighted by atomic mass is 16.6. The number of hydrogen-bond acceptors (Lipinski definition) is 5. The Morgan fingerprint density at radius 1 is 1.17 bits per heavy atom. The SMILES string of the molecule is CC1CN(C(=O)COc2ccccc2OC(=O)N(C)C)CC(C)O1. The van der Waals surface area contributed by atoms with Gasteiger partial charge in [0.1, 0.15) is 0 Å². The van der Waals surface area contributed by atoms with Crippen LogP contribution in [0.4, 0.5) is 4.79 Å². The zero-order chi connectivity index (χ0) is 17.7. The smallest absolute Gasteiger partial charge is 0.414 e. The first kappa shape index (κ1) is 18.1. The Morgan fingerprint density at radius 3 is 2.33 bits per heavy atom. The summed E-state index contributed by atoms with van der Waals surface area (Å²) in [6, 6.07) is 6.78. The predicted octanol–water partition coefficient (Wildman–Crippen LogP) is 1.76. The Morgan fingerprint density at radius 2 is 1.75 bits per heavy atom. The fourth-order valence-corrected chi connectivity index (χ4v) is 2.45. The lowest BCUT2D eigenvalue weighted by Gasteiger charge is -2.35. The van der Waals surface area contributed by atoms with Gasteiger partial charge in [0.15, 0.2) is 18.1 Å². The van der Waals surface area contributed by atoms with Crippen LogP contribution >= 0.6 is 0 Å². The van der Waals surface area contributed by atoms with Gasteiger partial charge in [0.05, 0.1) is 12.2 Å². The van der Waals surface area contributed by atoms with E-state index in [4.69, 9.17) is 14.2 Å². The van der Waals surface area contributed by atoms with E-state index in [0.717, 1.165) is 0 Å². The molecule has 2 amide bonds. The van der Waals surface area contributed by atoms with E-state index in [0.29, 0.717) is 18.8 Å². The minimum Gasteiger partial charge on any atom is -0.480 e. The number of ether oxygens (including phenoxy) is 3. The van der Waals surface area contributed by atoms with Crippen molar-refractivity contribution in [3.8, 4) is 11.5 Å². The maximum Gasteiger partial charge on any atom is 0.414 e. The van der Waals surface area contributed by atoms with Crippen molar-refractivity contribution in [2.75, 3.05) is 33.8 Å². The van der Waals surface area contributed by atoms with E-state index in [1.807, 2.05) is 13.8 Å². The van der Waals surface area contributed by atoms with Crippen molar-refractivity contribution in [2.45, 2.75) is 26.1 Å². The van der Waals surface area contributed by atoms with E-state index in [1.54, 1.807) is 43.3 Å². The first-order valence-electron chi connectivity index (χ1n) is 7.91. The number of carbonyl (C=O) groups excluding carboxylic acids is 2. The summed E-state index contributed by atoms with van der Waals surface area (Å²) in [7, 11) is 3.19. The second-order valence-electron chi connectivity index (χ2n) is 6.05. The first-order chi connectivity index (χ1) is 11.4. The van der Waals surface area contributed by atoms with Crippen molar-refractivity contribution in [3.05, 3.63) is 24.3 Å². The molecule has 1 aliphatic rings. The van der Waals surface area contributed by atoms with Crippen LogP contribution in [0.5, 0.6) is 11.5 Å². The molecule has 2 rings (SSSR count). The van der Waals surface area contributed by atoms with Gasteiger partial charge in [-0.2, -0.15) is 0 Å². The van der Waals surface area contributed by atoms with Crippen LogP contribution in [0, 0.1) is 0 Å². The molecule has 0 radical (unpaired) electrons. The van der Waals surface area contributed by atoms with Crippen molar-refractivity contribution < 1.29 is 23.8 Å². The molecular weight excluding hydrogens is 312 g/mol. The topological polar surface area (TPSA) is 68.3 Å². The molecule has 1 aliphatic heterocycles. The monoisotopic (exact) mass is 336 g/mol. The lowest BCUT2D eigenvalue weighted by molar-refractivity contribution is -0.145. The van der Waals surface area contributed by atoms with E-state index < -0.39 is 6.09 Å². The summed E-state index contributed by atoms with van der Waals surface area (Å²) in [6.07, 6.45) is -0.495. The van der Waals surface area contributed by atoms with Gasteiger partial charge in [0.2, 0.25) is 0 Å².